The third kappa shape index (κ3) is 5.95. The number of hydrogen-bond acceptors (Lipinski definition) is 4. The number of carbonyl (C=O) groups is 1. The molecular weight excluding hydrogens is 316 g/mol. The number of aryl methyl sites for hydroxylation is 2. The van der Waals surface area contributed by atoms with Crippen LogP contribution in [0, 0.1) is 13.8 Å². The second-order valence-electron chi connectivity index (χ2n) is 6.11. The van der Waals surface area contributed by atoms with E-state index in [2.05, 4.69) is 24.4 Å². The molecule has 0 aliphatic rings. The van der Waals surface area contributed by atoms with Crippen molar-refractivity contribution in [1.82, 2.24) is 5.43 Å². The van der Waals surface area contributed by atoms with Gasteiger partial charge in [-0.1, -0.05) is 26.0 Å². The second kappa shape index (κ2) is 8.87. The lowest BCUT2D eigenvalue weighted by molar-refractivity contribution is -0.123. The first-order chi connectivity index (χ1) is 12.0. The predicted molar refractivity (Wildman–Crippen MR) is 99.9 cm³/mol. The largest absolute Gasteiger partial charge is 0.483 e. The van der Waals surface area contributed by atoms with E-state index in [0.717, 1.165) is 28.4 Å². The van der Waals surface area contributed by atoms with Crippen molar-refractivity contribution in [2.24, 2.45) is 5.10 Å². The van der Waals surface area contributed by atoms with Gasteiger partial charge in [0.05, 0.1) is 0 Å². The summed E-state index contributed by atoms with van der Waals surface area (Å²) in [5.41, 5.74) is 4.61. The minimum absolute atomic E-state index is 0.0817. The van der Waals surface area contributed by atoms with E-state index in [4.69, 9.17) is 9.15 Å². The van der Waals surface area contributed by atoms with Gasteiger partial charge in [0.2, 0.25) is 0 Å². The van der Waals surface area contributed by atoms with E-state index in [1.165, 1.54) is 6.21 Å². The molecule has 0 unspecified atom stereocenters. The second-order valence-corrected chi connectivity index (χ2v) is 6.11. The highest BCUT2D eigenvalue weighted by Gasteiger charge is 2.09. The highest BCUT2D eigenvalue weighted by atomic mass is 16.5. The minimum Gasteiger partial charge on any atom is -0.483 e. The van der Waals surface area contributed by atoms with Gasteiger partial charge in [-0.05, 0) is 61.2 Å². The van der Waals surface area contributed by atoms with Crippen LogP contribution in [0.15, 0.2) is 45.9 Å². The van der Waals surface area contributed by atoms with Gasteiger partial charge in [-0.25, -0.2) is 5.43 Å². The molecular formula is C20H24N2O3. The van der Waals surface area contributed by atoms with Crippen molar-refractivity contribution in [2.45, 2.75) is 33.6 Å². The molecule has 0 spiro atoms. The number of nitrogens with zero attached hydrogens (tertiary/aromatic N) is 1. The number of amides is 1. The van der Waals surface area contributed by atoms with Gasteiger partial charge >= 0.3 is 0 Å². The first kappa shape index (κ1) is 18.5. The number of allylic oxidation sites excluding steroid dienone is 1. The maximum atomic E-state index is 11.8. The van der Waals surface area contributed by atoms with Crippen LogP contribution >= 0.6 is 0 Å². The summed E-state index contributed by atoms with van der Waals surface area (Å²) in [7, 11) is 0. The quantitative estimate of drug-likeness (QED) is 0.606. The molecule has 1 heterocycles. The van der Waals surface area contributed by atoms with E-state index in [-0.39, 0.29) is 12.5 Å². The fourth-order valence-corrected chi connectivity index (χ4v) is 2.25. The monoisotopic (exact) mass is 340 g/mol. The van der Waals surface area contributed by atoms with E-state index in [0.29, 0.717) is 5.92 Å². The van der Waals surface area contributed by atoms with Gasteiger partial charge in [-0.15, -0.1) is 0 Å². The van der Waals surface area contributed by atoms with Crippen molar-refractivity contribution in [3.05, 3.63) is 59.1 Å². The molecule has 1 aromatic heterocycles. The average molecular weight is 340 g/mol. The highest BCUT2D eigenvalue weighted by Crippen LogP contribution is 2.27. The maximum Gasteiger partial charge on any atom is 0.277 e. The lowest BCUT2D eigenvalue weighted by Crippen LogP contribution is -2.24. The van der Waals surface area contributed by atoms with Gasteiger partial charge in [-0.3, -0.25) is 4.79 Å². The first-order valence-electron chi connectivity index (χ1n) is 8.24. The van der Waals surface area contributed by atoms with Gasteiger partial charge < -0.3 is 9.15 Å². The third-order valence-electron chi connectivity index (χ3n) is 3.52. The summed E-state index contributed by atoms with van der Waals surface area (Å²) in [6.07, 6.45) is 4.94. The van der Waals surface area contributed by atoms with Crippen LogP contribution in [0.25, 0.3) is 6.08 Å². The molecule has 0 bridgehead atoms. The maximum absolute atomic E-state index is 11.8. The molecule has 0 saturated heterocycles. The Kier molecular flexibility index (Phi) is 6.57. The molecule has 2 aromatic rings. The number of hydrazone groups is 1. The Hall–Kier alpha value is -2.82. The van der Waals surface area contributed by atoms with Crippen LogP contribution in [-0.4, -0.2) is 18.7 Å². The molecule has 132 valence electrons. The Morgan fingerprint density at radius 2 is 2.08 bits per heavy atom. The van der Waals surface area contributed by atoms with Crippen LogP contribution in [0.3, 0.4) is 0 Å². The SMILES string of the molecule is Cc1ccc(C(C)C)c(OCC(=O)NN=C/C=C\c2ccc(C)o2)c1. The molecule has 0 fully saturated rings. The minimum atomic E-state index is -0.310. The van der Waals surface area contributed by atoms with E-state index in [1.807, 2.05) is 44.2 Å². The van der Waals surface area contributed by atoms with Gasteiger partial charge in [0.25, 0.3) is 5.91 Å². The van der Waals surface area contributed by atoms with Crippen LogP contribution in [0.4, 0.5) is 0 Å². The topological polar surface area (TPSA) is 63.8 Å². The lowest BCUT2D eigenvalue weighted by atomic mass is 10.0. The fraction of sp³-hybridized carbons (Fsp3) is 0.300. The van der Waals surface area contributed by atoms with Crippen LogP contribution in [0.5, 0.6) is 5.75 Å². The lowest BCUT2D eigenvalue weighted by Gasteiger charge is -2.14. The summed E-state index contributed by atoms with van der Waals surface area (Å²) in [6.45, 7) is 7.98. The van der Waals surface area contributed by atoms with Crippen molar-refractivity contribution in [1.29, 1.82) is 0 Å². The number of benzene rings is 1. The molecule has 0 radical (unpaired) electrons. The summed E-state index contributed by atoms with van der Waals surface area (Å²) >= 11 is 0. The number of furan rings is 1. The summed E-state index contributed by atoms with van der Waals surface area (Å²) in [5.74, 6) is 2.34. The molecule has 1 N–H and O–H groups in total. The zero-order chi connectivity index (χ0) is 18.2. The number of hydrogen-bond donors (Lipinski definition) is 1. The Balaban J connectivity index is 1.82. The molecule has 1 aromatic carbocycles. The normalized spacial score (nSPS) is 11.6. The third-order valence-corrected chi connectivity index (χ3v) is 3.52. The molecule has 2 rings (SSSR count). The predicted octanol–water partition coefficient (Wildman–Crippen LogP) is 4.21. The van der Waals surface area contributed by atoms with Gasteiger partial charge in [0, 0.05) is 6.21 Å². The smallest absolute Gasteiger partial charge is 0.277 e. The molecule has 5 nitrogen and oxygen atoms in total. The van der Waals surface area contributed by atoms with E-state index in [1.54, 1.807) is 12.2 Å². The van der Waals surface area contributed by atoms with E-state index < -0.39 is 0 Å². The van der Waals surface area contributed by atoms with Crippen molar-refractivity contribution < 1.29 is 13.9 Å². The number of carbonyl (C=O) groups excluding carboxylic acids is 1. The first-order valence-corrected chi connectivity index (χ1v) is 8.24. The molecule has 25 heavy (non-hydrogen) atoms. The summed E-state index contributed by atoms with van der Waals surface area (Å²) in [5, 5.41) is 3.85. The van der Waals surface area contributed by atoms with Gasteiger partial charge in [-0.2, -0.15) is 5.10 Å². The Morgan fingerprint density at radius 1 is 1.28 bits per heavy atom. The van der Waals surface area contributed by atoms with Gasteiger partial charge in [0.1, 0.15) is 17.3 Å². The summed E-state index contributed by atoms with van der Waals surface area (Å²) < 4.78 is 11.0. The zero-order valence-corrected chi connectivity index (χ0v) is 15.1. The average Bonchev–Trinajstić information content (AvgIpc) is 2.97. The molecule has 0 saturated carbocycles. The van der Waals surface area contributed by atoms with E-state index in [9.17, 15) is 4.79 Å². The molecule has 0 aliphatic heterocycles. The fourth-order valence-electron chi connectivity index (χ4n) is 2.25. The van der Waals surface area contributed by atoms with Crippen LogP contribution in [-0.2, 0) is 4.79 Å². The summed E-state index contributed by atoms with van der Waals surface area (Å²) in [4.78, 5) is 11.8. The van der Waals surface area contributed by atoms with Crippen molar-refractivity contribution in [3.8, 4) is 5.75 Å². The van der Waals surface area contributed by atoms with Crippen molar-refractivity contribution in [2.75, 3.05) is 6.61 Å². The molecule has 1 amide bonds. The Labute approximate surface area is 148 Å². The zero-order valence-electron chi connectivity index (χ0n) is 15.1. The Morgan fingerprint density at radius 3 is 2.76 bits per heavy atom. The van der Waals surface area contributed by atoms with Gasteiger partial charge in [0.15, 0.2) is 6.61 Å². The highest BCUT2D eigenvalue weighted by molar-refractivity contribution is 5.81. The summed E-state index contributed by atoms with van der Waals surface area (Å²) in [6, 6.07) is 9.76. The van der Waals surface area contributed by atoms with E-state index >= 15 is 0 Å². The standard InChI is InChI=1S/C20H24N2O3/c1-14(2)18-10-7-15(3)12-19(18)24-13-20(23)22-21-11-5-6-17-9-8-16(4)25-17/h5-12,14H,13H2,1-4H3,(H,22,23)/b6-5-,21-11?. The molecule has 0 atom stereocenters. The van der Waals surface area contributed by atoms with Crippen molar-refractivity contribution >= 4 is 18.2 Å². The molecule has 5 heteroatoms. The number of nitrogens with one attached hydrogen (secondary N) is 1. The number of rotatable bonds is 7. The van der Waals surface area contributed by atoms with Crippen LogP contribution in [0.2, 0.25) is 0 Å². The number of ether oxygens (including phenoxy) is 1. The van der Waals surface area contributed by atoms with Crippen LogP contribution < -0.4 is 10.2 Å². The molecule has 0 aliphatic carbocycles. The Bertz CT molecular complexity index is 773. The van der Waals surface area contributed by atoms with Crippen molar-refractivity contribution in [3.63, 3.8) is 0 Å². The van der Waals surface area contributed by atoms with Crippen LogP contribution in [0.1, 0.15) is 42.4 Å².